The predicted octanol–water partition coefficient (Wildman–Crippen LogP) is 3.56. The first-order chi connectivity index (χ1) is 13.1. The number of para-hydroxylation sites is 1. The highest BCUT2D eigenvalue weighted by molar-refractivity contribution is 5.79. The second-order valence-electron chi connectivity index (χ2n) is 7.54. The molecule has 3 aromatic rings. The van der Waals surface area contributed by atoms with Crippen LogP contribution in [0.2, 0.25) is 0 Å². The van der Waals surface area contributed by atoms with Gasteiger partial charge in [0.15, 0.2) is 0 Å². The number of aromatic nitrogens is 4. The second kappa shape index (κ2) is 7.55. The van der Waals surface area contributed by atoms with Crippen LogP contribution in [0.3, 0.4) is 0 Å². The van der Waals surface area contributed by atoms with Gasteiger partial charge in [-0.1, -0.05) is 12.1 Å². The summed E-state index contributed by atoms with van der Waals surface area (Å²) >= 11 is 0. The van der Waals surface area contributed by atoms with Crippen LogP contribution >= 0.6 is 0 Å². The number of fused-ring (bicyclic) bond motifs is 1. The number of nitrogens with one attached hydrogen (secondary N) is 1. The molecule has 1 amide bonds. The summed E-state index contributed by atoms with van der Waals surface area (Å²) in [6.45, 7) is 6.55. The van der Waals surface area contributed by atoms with Crippen LogP contribution in [0.4, 0.5) is 0 Å². The molecule has 1 fully saturated rings. The number of hydrogen-bond donors (Lipinski definition) is 1. The highest BCUT2D eigenvalue weighted by Crippen LogP contribution is 2.28. The number of imidazole rings is 2. The van der Waals surface area contributed by atoms with Crippen molar-refractivity contribution in [2.75, 3.05) is 13.1 Å². The minimum absolute atomic E-state index is 0.254. The number of aryl methyl sites for hydroxylation is 3. The summed E-state index contributed by atoms with van der Waals surface area (Å²) in [5, 5.41) is 0. The van der Waals surface area contributed by atoms with Crippen LogP contribution < -0.4 is 0 Å². The van der Waals surface area contributed by atoms with Gasteiger partial charge in [-0.05, 0) is 44.7 Å². The largest absolute Gasteiger partial charge is 0.342 e. The van der Waals surface area contributed by atoms with E-state index in [4.69, 9.17) is 4.98 Å². The first-order valence-corrected chi connectivity index (χ1v) is 9.82. The van der Waals surface area contributed by atoms with Gasteiger partial charge in [0, 0.05) is 44.4 Å². The molecule has 0 bridgehead atoms. The molecule has 0 aliphatic carbocycles. The fraction of sp³-hybridized carbons (Fsp3) is 0.476. The summed E-state index contributed by atoms with van der Waals surface area (Å²) in [5.41, 5.74) is 3.32. The van der Waals surface area contributed by atoms with E-state index in [9.17, 15) is 4.79 Å². The SMILES string of the molecule is Cc1cccc2[nH]c([C@H]3CCCN(C(=O)CCCn4ccnc4C)C3)nc12. The molecule has 6 heteroatoms. The average molecular weight is 365 g/mol. The molecule has 6 nitrogen and oxygen atoms in total. The molecular weight excluding hydrogens is 338 g/mol. The molecule has 0 spiro atoms. The minimum Gasteiger partial charge on any atom is -0.342 e. The van der Waals surface area contributed by atoms with Crippen LogP contribution in [0, 0.1) is 13.8 Å². The molecule has 2 aromatic heterocycles. The highest BCUT2D eigenvalue weighted by Gasteiger charge is 2.26. The van der Waals surface area contributed by atoms with Crippen LogP contribution in [-0.2, 0) is 11.3 Å². The molecular formula is C21H27N5O. The average Bonchev–Trinajstić information content (AvgIpc) is 3.29. The molecule has 1 aromatic carbocycles. The Morgan fingerprint density at radius 1 is 1.33 bits per heavy atom. The summed E-state index contributed by atoms with van der Waals surface area (Å²) in [4.78, 5) is 27.2. The number of amides is 1. The number of carbonyl (C=O) groups is 1. The van der Waals surface area contributed by atoms with Crippen molar-refractivity contribution in [1.82, 2.24) is 24.4 Å². The smallest absolute Gasteiger partial charge is 0.222 e. The number of carbonyl (C=O) groups excluding carboxylic acids is 1. The van der Waals surface area contributed by atoms with Gasteiger partial charge < -0.3 is 14.5 Å². The van der Waals surface area contributed by atoms with Gasteiger partial charge in [-0.15, -0.1) is 0 Å². The molecule has 27 heavy (non-hydrogen) atoms. The number of nitrogens with zero attached hydrogens (tertiary/aromatic N) is 4. The van der Waals surface area contributed by atoms with Crippen LogP contribution in [0.25, 0.3) is 11.0 Å². The number of hydrogen-bond acceptors (Lipinski definition) is 3. The first-order valence-electron chi connectivity index (χ1n) is 9.82. The zero-order valence-corrected chi connectivity index (χ0v) is 16.1. The zero-order valence-electron chi connectivity index (χ0n) is 16.1. The zero-order chi connectivity index (χ0) is 18.8. The Kier molecular flexibility index (Phi) is 4.97. The Morgan fingerprint density at radius 3 is 3.00 bits per heavy atom. The summed E-state index contributed by atoms with van der Waals surface area (Å²) in [6, 6.07) is 6.21. The van der Waals surface area contributed by atoms with Crippen molar-refractivity contribution < 1.29 is 4.79 Å². The van der Waals surface area contributed by atoms with E-state index in [1.165, 1.54) is 5.56 Å². The molecule has 3 heterocycles. The normalized spacial score (nSPS) is 17.6. The maximum absolute atomic E-state index is 12.7. The molecule has 1 aliphatic rings. The van der Waals surface area contributed by atoms with Gasteiger partial charge in [0.2, 0.25) is 5.91 Å². The van der Waals surface area contributed by atoms with Gasteiger partial charge in [-0.2, -0.15) is 0 Å². The Hall–Kier alpha value is -2.63. The van der Waals surface area contributed by atoms with Gasteiger partial charge in [-0.3, -0.25) is 4.79 Å². The van der Waals surface area contributed by atoms with Gasteiger partial charge in [0.1, 0.15) is 11.6 Å². The molecule has 1 saturated heterocycles. The summed E-state index contributed by atoms with van der Waals surface area (Å²) in [6.07, 6.45) is 7.33. The highest BCUT2D eigenvalue weighted by atomic mass is 16.2. The summed E-state index contributed by atoms with van der Waals surface area (Å²) in [5.74, 6) is 2.57. The second-order valence-corrected chi connectivity index (χ2v) is 7.54. The van der Waals surface area contributed by atoms with E-state index < -0.39 is 0 Å². The molecule has 0 saturated carbocycles. The van der Waals surface area contributed by atoms with Crippen LogP contribution in [-0.4, -0.2) is 43.4 Å². The number of aromatic amines is 1. The standard InChI is InChI=1S/C21H27N5O/c1-15-6-3-8-18-20(15)24-21(23-18)17-7-4-12-26(14-17)19(27)9-5-11-25-13-10-22-16(25)2/h3,6,8,10,13,17H,4-5,7,9,11-12,14H2,1-2H3,(H,23,24)/t17-/m0/s1. The van der Waals surface area contributed by atoms with E-state index in [-0.39, 0.29) is 5.91 Å². The van der Waals surface area contributed by atoms with Crippen molar-refractivity contribution in [2.24, 2.45) is 0 Å². The number of piperidine rings is 1. The van der Waals surface area contributed by atoms with Crippen LogP contribution in [0.1, 0.15) is 48.8 Å². The minimum atomic E-state index is 0.254. The van der Waals surface area contributed by atoms with Gasteiger partial charge >= 0.3 is 0 Å². The lowest BCUT2D eigenvalue weighted by Crippen LogP contribution is -2.39. The fourth-order valence-electron chi connectivity index (χ4n) is 4.01. The van der Waals surface area contributed by atoms with Crippen molar-refractivity contribution in [3.05, 3.63) is 47.8 Å². The molecule has 4 rings (SSSR count). The lowest BCUT2D eigenvalue weighted by atomic mass is 9.97. The van der Waals surface area contributed by atoms with Crippen molar-refractivity contribution in [2.45, 2.75) is 52.0 Å². The van der Waals surface area contributed by atoms with Crippen molar-refractivity contribution >= 4 is 16.9 Å². The maximum Gasteiger partial charge on any atom is 0.222 e. The molecule has 142 valence electrons. The van der Waals surface area contributed by atoms with Crippen molar-refractivity contribution in [3.8, 4) is 0 Å². The third kappa shape index (κ3) is 3.75. The van der Waals surface area contributed by atoms with Gasteiger partial charge in [0.05, 0.1) is 11.0 Å². The molecule has 0 radical (unpaired) electrons. The number of rotatable bonds is 5. The van der Waals surface area contributed by atoms with E-state index in [1.54, 1.807) is 6.20 Å². The van der Waals surface area contributed by atoms with E-state index in [2.05, 4.69) is 39.7 Å². The quantitative estimate of drug-likeness (QED) is 0.752. The van der Waals surface area contributed by atoms with Crippen molar-refractivity contribution in [1.29, 1.82) is 0 Å². The Labute approximate surface area is 159 Å². The third-order valence-electron chi connectivity index (χ3n) is 5.61. The first kappa shape index (κ1) is 17.8. The summed E-state index contributed by atoms with van der Waals surface area (Å²) in [7, 11) is 0. The van der Waals surface area contributed by atoms with Crippen LogP contribution in [0.5, 0.6) is 0 Å². The van der Waals surface area contributed by atoms with E-state index in [1.807, 2.05) is 18.0 Å². The topological polar surface area (TPSA) is 66.8 Å². The van der Waals surface area contributed by atoms with Gasteiger partial charge in [-0.25, -0.2) is 9.97 Å². The fourth-order valence-corrected chi connectivity index (χ4v) is 4.01. The van der Waals surface area contributed by atoms with Gasteiger partial charge in [0.25, 0.3) is 0 Å². The Morgan fingerprint density at radius 2 is 2.22 bits per heavy atom. The maximum atomic E-state index is 12.7. The monoisotopic (exact) mass is 365 g/mol. The third-order valence-corrected chi connectivity index (χ3v) is 5.61. The predicted molar refractivity (Wildman–Crippen MR) is 106 cm³/mol. The lowest BCUT2D eigenvalue weighted by molar-refractivity contribution is -0.132. The Balaban J connectivity index is 1.37. The number of H-pyrrole nitrogens is 1. The number of benzene rings is 1. The van der Waals surface area contributed by atoms with E-state index in [0.29, 0.717) is 12.3 Å². The lowest BCUT2D eigenvalue weighted by Gasteiger charge is -2.32. The Bertz CT molecular complexity index is 941. The van der Waals surface area contributed by atoms with Crippen LogP contribution in [0.15, 0.2) is 30.6 Å². The van der Waals surface area contributed by atoms with Crippen molar-refractivity contribution in [3.63, 3.8) is 0 Å². The summed E-state index contributed by atoms with van der Waals surface area (Å²) < 4.78 is 2.10. The molecule has 1 N–H and O–H groups in total. The molecule has 1 atom stereocenters. The molecule has 1 aliphatic heterocycles. The number of likely N-dealkylation sites (tertiary alicyclic amines) is 1. The molecule has 0 unspecified atom stereocenters. The van der Waals surface area contributed by atoms with E-state index >= 15 is 0 Å². The van der Waals surface area contributed by atoms with E-state index in [0.717, 1.165) is 61.6 Å².